The first-order valence-electron chi connectivity index (χ1n) is 6.61. The summed E-state index contributed by atoms with van der Waals surface area (Å²) < 4.78 is 38.5. The molecule has 2 aliphatic rings. The summed E-state index contributed by atoms with van der Waals surface area (Å²) in [6.45, 7) is 1.68. The summed E-state index contributed by atoms with van der Waals surface area (Å²) in [6, 6.07) is -0.00281. The van der Waals surface area contributed by atoms with Crippen molar-refractivity contribution in [3.05, 3.63) is 0 Å². The highest BCUT2D eigenvalue weighted by molar-refractivity contribution is 4.87. The van der Waals surface area contributed by atoms with Gasteiger partial charge < -0.3 is 10.6 Å². The standard InChI is InChI=1S/C12H21F3N2/c13-12(14,15)10-5-1-2-6-11(10)17-8-9-4-3-7-16-9/h9-11,16-17H,1-8H2. The van der Waals surface area contributed by atoms with Crippen LogP contribution in [0.5, 0.6) is 0 Å². The fourth-order valence-electron chi connectivity index (χ4n) is 2.99. The Balaban J connectivity index is 1.83. The Morgan fingerprint density at radius 3 is 2.47 bits per heavy atom. The van der Waals surface area contributed by atoms with E-state index >= 15 is 0 Å². The van der Waals surface area contributed by atoms with Crippen LogP contribution in [0.25, 0.3) is 0 Å². The molecule has 2 fully saturated rings. The van der Waals surface area contributed by atoms with Gasteiger partial charge in [-0.15, -0.1) is 0 Å². The van der Waals surface area contributed by atoms with E-state index in [2.05, 4.69) is 10.6 Å². The zero-order valence-corrected chi connectivity index (χ0v) is 10.0. The molecule has 0 radical (unpaired) electrons. The third-order valence-electron chi connectivity index (χ3n) is 3.98. The maximum Gasteiger partial charge on any atom is 0.393 e. The van der Waals surface area contributed by atoms with E-state index in [1.54, 1.807) is 0 Å². The first-order valence-corrected chi connectivity index (χ1v) is 6.61. The Bertz CT molecular complexity index is 236. The van der Waals surface area contributed by atoms with Crippen molar-refractivity contribution >= 4 is 0 Å². The van der Waals surface area contributed by atoms with Gasteiger partial charge in [0.2, 0.25) is 0 Å². The molecule has 3 atom stereocenters. The molecule has 0 amide bonds. The number of hydrogen-bond acceptors (Lipinski definition) is 2. The largest absolute Gasteiger partial charge is 0.393 e. The zero-order valence-electron chi connectivity index (χ0n) is 10.0. The van der Waals surface area contributed by atoms with Gasteiger partial charge in [0.15, 0.2) is 0 Å². The van der Waals surface area contributed by atoms with Crippen molar-refractivity contribution in [1.29, 1.82) is 0 Å². The number of alkyl halides is 3. The molecule has 0 aromatic rings. The topological polar surface area (TPSA) is 24.1 Å². The van der Waals surface area contributed by atoms with Crippen LogP contribution in [0.4, 0.5) is 13.2 Å². The maximum absolute atomic E-state index is 12.8. The summed E-state index contributed by atoms with van der Waals surface area (Å²) in [7, 11) is 0. The van der Waals surface area contributed by atoms with Crippen LogP contribution >= 0.6 is 0 Å². The van der Waals surface area contributed by atoms with Crippen molar-refractivity contribution in [1.82, 2.24) is 10.6 Å². The van der Waals surface area contributed by atoms with Crippen molar-refractivity contribution < 1.29 is 13.2 Å². The third kappa shape index (κ3) is 3.58. The second kappa shape index (κ2) is 5.57. The fourth-order valence-corrected chi connectivity index (χ4v) is 2.99. The molecule has 0 bridgehead atoms. The van der Waals surface area contributed by atoms with Gasteiger partial charge in [0.1, 0.15) is 0 Å². The molecular formula is C12H21F3N2. The van der Waals surface area contributed by atoms with E-state index in [4.69, 9.17) is 0 Å². The van der Waals surface area contributed by atoms with Gasteiger partial charge in [0, 0.05) is 18.6 Å². The van der Waals surface area contributed by atoms with Gasteiger partial charge in [0.05, 0.1) is 5.92 Å². The Morgan fingerprint density at radius 2 is 1.82 bits per heavy atom. The molecular weight excluding hydrogens is 229 g/mol. The van der Waals surface area contributed by atoms with Crippen molar-refractivity contribution in [3.8, 4) is 0 Å². The molecule has 1 saturated heterocycles. The number of nitrogens with one attached hydrogen (secondary N) is 2. The molecule has 1 aliphatic heterocycles. The van der Waals surface area contributed by atoms with Crippen LogP contribution in [0.3, 0.4) is 0 Å². The average Bonchev–Trinajstić information content (AvgIpc) is 2.78. The Labute approximate surface area is 100 Å². The van der Waals surface area contributed by atoms with Crippen molar-refractivity contribution in [2.45, 2.75) is 56.8 Å². The maximum atomic E-state index is 12.8. The van der Waals surface area contributed by atoms with E-state index in [0.717, 1.165) is 25.8 Å². The lowest BCUT2D eigenvalue weighted by Crippen LogP contribution is -2.48. The summed E-state index contributed by atoms with van der Waals surface area (Å²) in [5.41, 5.74) is 0. The molecule has 0 aromatic carbocycles. The van der Waals surface area contributed by atoms with Gasteiger partial charge in [-0.2, -0.15) is 13.2 Å². The highest BCUT2D eigenvalue weighted by Gasteiger charge is 2.45. The zero-order chi connectivity index (χ0) is 12.3. The van der Waals surface area contributed by atoms with Crippen LogP contribution in [0.1, 0.15) is 38.5 Å². The lowest BCUT2D eigenvalue weighted by molar-refractivity contribution is -0.188. The van der Waals surface area contributed by atoms with Crippen molar-refractivity contribution in [2.75, 3.05) is 13.1 Å². The molecule has 1 heterocycles. The summed E-state index contributed by atoms with van der Waals surface area (Å²) >= 11 is 0. The molecule has 3 unspecified atom stereocenters. The SMILES string of the molecule is FC(F)(F)C1CCCCC1NCC1CCCN1. The minimum atomic E-state index is -4.04. The lowest BCUT2D eigenvalue weighted by atomic mass is 9.84. The molecule has 0 aromatic heterocycles. The molecule has 100 valence electrons. The normalized spacial score (nSPS) is 35.1. The minimum Gasteiger partial charge on any atom is -0.313 e. The highest BCUT2D eigenvalue weighted by atomic mass is 19.4. The molecule has 2 N–H and O–H groups in total. The van der Waals surface area contributed by atoms with Gasteiger partial charge in [-0.1, -0.05) is 12.8 Å². The van der Waals surface area contributed by atoms with Crippen LogP contribution < -0.4 is 10.6 Å². The van der Waals surface area contributed by atoms with Gasteiger partial charge in [-0.3, -0.25) is 0 Å². The van der Waals surface area contributed by atoms with E-state index in [-0.39, 0.29) is 6.04 Å². The number of hydrogen-bond donors (Lipinski definition) is 2. The first kappa shape index (κ1) is 13.1. The summed E-state index contributed by atoms with van der Waals surface area (Å²) in [5.74, 6) is -1.14. The molecule has 2 rings (SSSR count). The number of halogens is 3. The minimum absolute atomic E-state index is 0.291. The summed E-state index contributed by atoms with van der Waals surface area (Å²) in [4.78, 5) is 0. The first-order chi connectivity index (χ1) is 8.07. The van der Waals surface area contributed by atoms with E-state index in [1.807, 2.05) is 0 Å². The second-order valence-electron chi connectivity index (χ2n) is 5.24. The van der Waals surface area contributed by atoms with E-state index in [0.29, 0.717) is 31.8 Å². The van der Waals surface area contributed by atoms with Crippen LogP contribution in [-0.4, -0.2) is 31.3 Å². The van der Waals surface area contributed by atoms with E-state index in [9.17, 15) is 13.2 Å². The van der Waals surface area contributed by atoms with Gasteiger partial charge in [-0.05, 0) is 32.2 Å². The average molecular weight is 250 g/mol. The predicted molar refractivity (Wildman–Crippen MR) is 60.8 cm³/mol. The molecule has 0 spiro atoms. The highest BCUT2D eigenvalue weighted by Crippen LogP contribution is 2.37. The summed E-state index contributed by atoms with van der Waals surface area (Å²) in [5, 5.41) is 6.44. The smallest absolute Gasteiger partial charge is 0.313 e. The van der Waals surface area contributed by atoms with Crippen LogP contribution in [0.2, 0.25) is 0 Å². The number of rotatable bonds is 3. The third-order valence-corrected chi connectivity index (χ3v) is 3.98. The van der Waals surface area contributed by atoms with Crippen molar-refractivity contribution in [3.63, 3.8) is 0 Å². The lowest BCUT2D eigenvalue weighted by Gasteiger charge is -2.34. The summed E-state index contributed by atoms with van der Waals surface area (Å²) in [6.07, 6.45) is 0.764. The second-order valence-corrected chi connectivity index (χ2v) is 5.24. The van der Waals surface area contributed by atoms with E-state index < -0.39 is 12.1 Å². The van der Waals surface area contributed by atoms with Crippen molar-refractivity contribution in [2.24, 2.45) is 5.92 Å². The fraction of sp³-hybridized carbons (Fsp3) is 1.00. The molecule has 2 nitrogen and oxygen atoms in total. The monoisotopic (exact) mass is 250 g/mol. The molecule has 5 heteroatoms. The Morgan fingerprint density at radius 1 is 1.06 bits per heavy atom. The van der Waals surface area contributed by atoms with Gasteiger partial charge in [0.25, 0.3) is 0 Å². The van der Waals surface area contributed by atoms with E-state index in [1.165, 1.54) is 0 Å². The predicted octanol–water partition coefficient (Wildman–Crippen LogP) is 2.45. The Hall–Kier alpha value is -0.290. The van der Waals surface area contributed by atoms with Gasteiger partial charge >= 0.3 is 6.18 Å². The Kier molecular flexibility index (Phi) is 4.31. The van der Waals surface area contributed by atoms with Crippen LogP contribution in [-0.2, 0) is 0 Å². The quantitative estimate of drug-likeness (QED) is 0.804. The van der Waals surface area contributed by atoms with Crippen LogP contribution in [0, 0.1) is 5.92 Å². The molecule has 1 saturated carbocycles. The van der Waals surface area contributed by atoms with Gasteiger partial charge in [-0.25, -0.2) is 0 Å². The molecule has 1 aliphatic carbocycles. The van der Waals surface area contributed by atoms with Crippen LogP contribution in [0.15, 0.2) is 0 Å². The molecule has 17 heavy (non-hydrogen) atoms.